The number of hydrogen-bond acceptors (Lipinski definition) is 2. The van der Waals surface area contributed by atoms with E-state index in [4.69, 9.17) is 5.73 Å². The lowest BCUT2D eigenvalue weighted by Crippen LogP contribution is -2.28. The third kappa shape index (κ3) is 6.35. The topological polar surface area (TPSA) is 43.1 Å². The van der Waals surface area contributed by atoms with Gasteiger partial charge in [0.15, 0.2) is 0 Å². The first kappa shape index (κ1) is 11.6. The highest BCUT2D eigenvalue weighted by Crippen LogP contribution is 2.21. The molecule has 1 atom stereocenters. The number of Topliss-reactive ketones (excluding diaryl/α,β-unsaturated/α-hetero) is 1. The minimum atomic E-state index is 0.0393. The summed E-state index contributed by atoms with van der Waals surface area (Å²) >= 11 is 0. The van der Waals surface area contributed by atoms with Gasteiger partial charge >= 0.3 is 0 Å². The second kappa shape index (κ2) is 4.61. The highest BCUT2D eigenvalue weighted by Gasteiger charge is 2.17. The van der Waals surface area contributed by atoms with Crippen molar-refractivity contribution < 1.29 is 4.79 Å². The van der Waals surface area contributed by atoms with E-state index < -0.39 is 0 Å². The maximum absolute atomic E-state index is 11.0. The fourth-order valence-electron chi connectivity index (χ4n) is 1.30. The summed E-state index contributed by atoms with van der Waals surface area (Å²) in [7, 11) is 0. The number of ketones is 1. The number of rotatable bonds is 4. The van der Waals surface area contributed by atoms with Gasteiger partial charge in [0.25, 0.3) is 0 Å². The predicted molar refractivity (Wildman–Crippen MR) is 52.0 cm³/mol. The van der Waals surface area contributed by atoms with E-state index in [2.05, 4.69) is 20.8 Å². The van der Waals surface area contributed by atoms with Gasteiger partial charge < -0.3 is 5.73 Å². The van der Waals surface area contributed by atoms with Crippen LogP contribution in [0.15, 0.2) is 0 Å². The maximum atomic E-state index is 11.0. The summed E-state index contributed by atoms with van der Waals surface area (Å²) in [4.78, 5) is 11.0. The van der Waals surface area contributed by atoms with Gasteiger partial charge in [-0.2, -0.15) is 0 Å². The monoisotopic (exact) mass is 171 g/mol. The minimum Gasteiger partial charge on any atom is -0.327 e. The number of hydrogen-bond donors (Lipinski definition) is 1. The summed E-state index contributed by atoms with van der Waals surface area (Å²) in [6, 6.07) is 0.0393. The van der Waals surface area contributed by atoms with Crippen molar-refractivity contribution in [3.05, 3.63) is 0 Å². The molecule has 0 fully saturated rings. The molecule has 0 aliphatic heterocycles. The molecule has 0 aliphatic carbocycles. The Morgan fingerprint density at radius 2 is 1.92 bits per heavy atom. The van der Waals surface area contributed by atoms with Crippen LogP contribution in [0.4, 0.5) is 0 Å². The van der Waals surface area contributed by atoms with Crippen LogP contribution in [0.25, 0.3) is 0 Å². The van der Waals surface area contributed by atoms with Crippen LogP contribution >= 0.6 is 0 Å². The zero-order chi connectivity index (χ0) is 9.78. The molecule has 0 aromatic carbocycles. The molecule has 0 spiro atoms. The van der Waals surface area contributed by atoms with Gasteiger partial charge in [-0.05, 0) is 11.8 Å². The summed E-state index contributed by atoms with van der Waals surface area (Å²) in [5.41, 5.74) is 6.05. The Bertz CT molecular complexity index is 146. The lowest BCUT2D eigenvalue weighted by molar-refractivity contribution is -0.119. The molecule has 1 unspecified atom stereocenters. The second-order valence-corrected chi connectivity index (χ2v) is 4.62. The number of carbonyl (C=O) groups is 1. The van der Waals surface area contributed by atoms with Crippen LogP contribution < -0.4 is 5.73 Å². The average molecular weight is 171 g/mol. The molecular weight excluding hydrogens is 150 g/mol. The molecule has 0 aliphatic rings. The van der Waals surface area contributed by atoms with Gasteiger partial charge in [0.1, 0.15) is 5.78 Å². The van der Waals surface area contributed by atoms with Crippen molar-refractivity contribution in [3.63, 3.8) is 0 Å². The van der Waals surface area contributed by atoms with E-state index in [0.29, 0.717) is 12.8 Å². The summed E-state index contributed by atoms with van der Waals surface area (Å²) in [5, 5.41) is 0. The Hall–Kier alpha value is -0.370. The Balaban J connectivity index is 3.74. The first-order valence-electron chi connectivity index (χ1n) is 4.62. The lowest BCUT2D eigenvalue weighted by Gasteiger charge is -2.22. The molecule has 12 heavy (non-hydrogen) atoms. The number of carbonyl (C=O) groups excluding carboxylic acids is 1. The summed E-state index contributed by atoms with van der Waals surface area (Å²) in [5.74, 6) is 0.270. The Morgan fingerprint density at radius 3 is 2.25 bits per heavy atom. The van der Waals surface area contributed by atoms with Gasteiger partial charge in [0.05, 0.1) is 0 Å². The largest absolute Gasteiger partial charge is 0.327 e. The smallest absolute Gasteiger partial charge is 0.134 e. The highest BCUT2D eigenvalue weighted by atomic mass is 16.1. The van der Waals surface area contributed by atoms with Gasteiger partial charge in [0, 0.05) is 18.9 Å². The zero-order valence-electron chi connectivity index (χ0n) is 8.68. The van der Waals surface area contributed by atoms with E-state index in [0.717, 1.165) is 6.42 Å². The summed E-state index contributed by atoms with van der Waals surface area (Å²) in [6.45, 7) is 8.31. The average Bonchev–Trinajstić information content (AvgIpc) is 1.82. The van der Waals surface area contributed by atoms with E-state index in [1.54, 1.807) is 0 Å². The van der Waals surface area contributed by atoms with Crippen molar-refractivity contribution in [2.75, 3.05) is 0 Å². The molecule has 2 N–H and O–H groups in total. The fourth-order valence-corrected chi connectivity index (χ4v) is 1.30. The standard InChI is InChI=1S/C10H21NO/c1-5-9(12)6-8(11)7-10(2,3)4/h8H,5-7,11H2,1-4H3. The molecule has 72 valence electrons. The van der Waals surface area contributed by atoms with Gasteiger partial charge in [-0.1, -0.05) is 27.7 Å². The quantitative estimate of drug-likeness (QED) is 0.704. The third-order valence-electron chi connectivity index (χ3n) is 1.76. The van der Waals surface area contributed by atoms with Crippen LogP contribution in [0.1, 0.15) is 47.0 Å². The fraction of sp³-hybridized carbons (Fsp3) is 0.900. The molecule has 0 amide bonds. The third-order valence-corrected chi connectivity index (χ3v) is 1.76. The molecule has 2 heteroatoms. The molecular formula is C10H21NO. The van der Waals surface area contributed by atoms with Crippen LogP contribution in [0.2, 0.25) is 0 Å². The van der Waals surface area contributed by atoms with Crippen molar-refractivity contribution in [3.8, 4) is 0 Å². The van der Waals surface area contributed by atoms with E-state index in [-0.39, 0.29) is 17.2 Å². The van der Waals surface area contributed by atoms with Gasteiger partial charge in [0.2, 0.25) is 0 Å². The van der Waals surface area contributed by atoms with Crippen LogP contribution in [0.5, 0.6) is 0 Å². The predicted octanol–water partition coefficient (Wildman–Crippen LogP) is 2.12. The van der Waals surface area contributed by atoms with E-state index in [1.165, 1.54) is 0 Å². The number of nitrogens with two attached hydrogens (primary N) is 1. The van der Waals surface area contributed by atoms with E-state index in [9.17, 15) is 4.79 Å². The second-order valence-electron chi connectivity index (χ2n) is 4.62. The first-order chi connectivity index (χ1) is 5.35. The maximum Gasteiger partial charge on any atom is 0.134 e. The molecule has 2 nitrogen and oxygen atoms in total. The van der Waals surface area contributed by atoms with Crippen molar-refractivity contribution in [1.29, 1.82) is 0 Å². The summed E-state index contributed by atoms with van der Waals surface area (Å²) < 4.78 is 0. The molecule has 0 aromatic rings. The Kier molecular flexibility index (Phi) is 4.46. The molecule has 0 saturated carbocycles. The summed E-state index contributed by atoms with van der Waals surface area (Å²) in [6.07, 6.45) is 2.06. The Labute approximate surface area is 75.5 Å². The van der Waals surface area contributed by atoms with Crippen LogP contribution in [0.3, 0.4) is 0 Å². The zero-order valence-corrected chi connectivity index (χ0v) is 8.68. The lowest BCUT2D eigenvalue weighted by atomic mass is 9.86. The molecule has 0 heterocycles. The molecule has 0 radical (unpaired) electrons. The minimum absolute atomic E-state index is 0.0393. The molecule has 0 aromatic heterocycles. The highest BCUT2D eigenvalue weighted by molar-refractivity contribution is 5.78. The first-order valence-corrected chi connectivity index (χ1v) is 4.62. The van der Waals surface area contributed by atoms with E-state index >= 15 is 0 Å². The van der Waals surface area contributed by atoms with Crippen molar-refractivity contribution in [2.45, 2.75) is 53.0 Å². The van der Waals surface area contributed by atoms with Gasteiger partial charge in [-0.25, -0.2) is 0 Å². The molecule has 0 saturated heterocycles. The van der Waals surface area contributed by atoms with Gasteiger partial charge in [-0.15, -0.1) is 0 Å². The normalized spacial score (nSPS) is 14.4. The van der Waals surface area contributed by atoms with Crippen LogP contribution in [0, 0.1) is 5.41 Å². The van der Waals surface area contributed by atoms with Crippen LogP contribution in [-0.2, 0) is 4.79 Å². The van der Waals surface area contributed by atoms with Crippen LogP contribution in [-0.4, -0.2) is 11.8 Å². The van der Waals surface area contributed by atoms with Gasteiger partial charge in [-0.3, -0.25) is 4.79 Å². The molecule has 0 bridgehead atoms. The van der Waals surface area contributed by atoms with Crippen molar-refractivity contribution in [2.24, 2.45) is 11.1 Å². The van der Waals surface area contributed by atoms with Crippen molar-refractivity contribution in [1.82, 2.24) is 0 Å². The van der Waals surface area contributed by atoms with Crippen molar-refractivity contribution >= 4 is 5.78 Å². The SMILES string of the molecule is CCC(=O)CC(N)CC(C)(C)C. The Morgan fingerprint density at radius 1 is 1.42 bits per heavy atom. The van der Waals surface area contributed by atoms with E-state index in [1.807, 2.05) is 6.92 Å². The molecule has 0 rings (SSSR count).